The summed E-state index contributed by atoms with van der Waals surface area (Å²) < 4.78 is 0. The van der Waals surface area contributed by atoms with Crippen molar-refractivity contribution in [2.75, 3.05) is 6.54 Å². The van der Waals surface area contributed by atoms with Gasteiger partial charge in [0.1, 0.15) is 0 Å². The molecule has 1 atom stereocenters. The van der Waals surface area contributed by atoms with Crippen LogP contribution in [0.25, 0.3) is 0 Å². The van der Waals surface area contributed by atoms with Crippen molar-refractivity contribution in [3.05, 3.63) is 29.8 Å². The fourth-order valence-electron chi connectivity index (χ4n) is 2.90. The highest BCUT2D eigenvalue weighted by molar-refractivity contribution is 8.00. The van der Waals surface area contributed by atoms with E-state index in [1.807, 2.05) is 0 Å². The van der Waals surface area contributed by atoms with E-state index in [4.69, 9.17) is 0 Å². The molecule has 1 N–H and O–H groups in total. The fraction of sp³-hybridized carbons (Fsp3) is 0.647. The molecule has 1 nitrogen and oxygen atoms in total. The van der Waals surface area contributed by atoms with Gasteiger partial charge in [-0.25, -0.2) is 0 Å². The second-order valence-electron chi connectivity index (χ2n) is 5.47. The number of nitrogens with one attached hydrogen (secondary N) is 1. The van der Waals surface area contributed by atoms with Crippen molar-refractivity contribution in [2.24, 2.45) is 0 Å². The van der Waals surface area contributed by atoms with Gasteiger partial charge in [-0.3, -0.25) is 0 Å². The van der Waals surface area contributed by atoms with Gasteiger partial charge >= 0.3 is 0 Å². The Hall–Kier alpha value is -0.470. The van der Waals surface area contributed by atoms with Crippen molar-refractivity contribution in [3.63, 3.8) is 0 Å². The second-order valence-corrected chi connectivity index (χ2v) is 6.84. The molecule has 1 aromatic carbocycles. The molecule has 0 heterocycles. The average molecular weight is 277 g/mol. The second kappa shape index (κ2) is 7.96. The van der Waals surface area contributed by atoms with Gasteiger partial charge in [-0.15, -0.1) is 11.8 Å². The first-order chi connectivity index (χ1) is 9.33. The first-order valence-corrected chi connectivity index (χ1v) is 8.71. The third-order valence-electron chi connectivity index (χ3n) is 4.00. The molecular weight excluding hydrogens is 250 g/mol. The lowest BCUT2D eigenvalue weighted by molar-refractivity contribution is 0.516. The van der Waals surface area contributed by atoms with Crippen molar-refractivity contribution in [1.29, 1.82) is 0 Å². The molecule has 0 saturated heterocycles. The van der Waals surface area contributed by atoms with Crippen LogP contribution in [-0.4, -0.2) is 11.8 Å². The minimum atomic E-state index is 0.513. The summed E-state index contributed by atoms with van der Waals surface area (Å²) in [6.45, 7) is 5.46. The molecule has 0 radical (unpaired) electrons. The monoisotopic (exact) mass is 277 g/mol. The molecule has 0 spiro atoms. The van der Waals surface area contributed by atoms with Crippen LogP contribution in [0.5, 0.6) is 0 Å². The van der Waals surface area contributed by atoms with Gasteiger partial charge in [-0.05, 0) is 43.5 Å². The Morgan fingerprint density at radius 3 is 2.37 bits per heavy atom. The number of hydrogen-bond donors (Lipinski definition) is 1. The first kappa shape index (κ1) is 14.9. The van der Waals surface area contributed by atoms with Crippen LogP contribution in [-0.2, 0) is 0 Å². The van der Waals surface area contributed by atoms with Gasteiger partial charge in [0.2, 0.25) is 0 Å². The molecule has 1 aliphatic carbocycles. The van der Waals surface area contributed by atoms with E-state index in [0.29, 0.717) is 6.04 Å². The highest BCUT2D eigenvalue weighted by Gasteiger charge is 2.14. The zero-order valence-corrected chi connectivity index (χ0v) is 13.1. The lowest BCUT2D eigenvalue weighted by atomic mass is 10.0. The van der Waals surface area contributed by atoms with Crippen molar-refractivity contribution < 1.29 is 0 Å². The molecular formula is C17H27NS. The summed E-state index contributed by atoms with van der Waals surface area (Å²) in [5.41, 5.74) is 1.43. The quantitative estimate of drug-likeness (QED) is 0.769. The van der Waals surface area contributed by atoms with Gasteiger partial charge in [-0.2, -0.15) is 0 Å². The largest absolute Gasteiger partial charge is 0.310 e. The van der Waals surface area contributed by atoms with Gasteiger partial charge in [0.15, 0.2) is 0 Å². The zero-order valence-electron chi connectivity index (χ0n) is 12.3. The molecule has 1 aliphatic rings. The van der Waals surface area contributed by atoms with Crippen LogP contribution in [0.2, 0.25) is 0 Å². The van der Waals surface area contributed by atoms with Crippen LogP contribution < -0.4 is 5.32 Å². The highest BCUT2D eigenvalue weighted by atomic mass is 32.2. The van der Waals surface area contributed by atoms with Gasteiger partial charge < -0.3 is 5.32 Å². The van der Waals surface area contributed by atoms with Crippen LogP contribution >= 0.6 is 11.8 Å². The maximum atomic E-state index is 3.54. The molecule has 2 heteroatoms. The van der Waals surface area contributed by atoms with E-state index in [2.05, 4.69) is 55.2 Å². The molecule has 1 unspecified atom stereocenters. The SMILES string of the molecule is CCNC(CC)c1ccc(SC2CCCCC2)cc1. The Morgan fingerprint density at radius 1 is 1.11 bits per heavy atom. The third-order valence-corrected chi connectivity index (χ3v) is 5.35. The summed E-state index contributed by atoms with van der Waals surface area (Å²) in [7, 11) is 0. The summed E-state index contributed by atoms with van der Waals surface area (Å²) in [5.74, 6) is 0. The third kappa shape index (κ3) is 4.54. The summed E-state index contributed by atoms with van der Waals surface area (Å²) >= 11 is 2.09. The minimum Gasteiger partial charge on any atom is -0.310 e. The molecule has 0 aliphatic heterocycles. The van der Waals surface area contributed by atoms with Gasteiger partial charge in [0, 0.05) is 16.2 Å². The lowest BCUT2D eigenvalue weighted by Crippen LogP contribution is -2.19. The predicted molar refractivity (Wildman–Crippen MR) is 85.9 cm³/mol. The number of hydrogen-bond acceptors (Lipinski definition) is 2. The van der Waals surface area contributed by atoms with Gasteiger partial charge in [0.05, 0.1) is 0 Å². The van der Waals surface area contributed by atoms with E-state index in [9.17, 15) is 0 Å². The molecule has 0 aromatic heterocycles. The van der Waals surface area contributed by atoms with E-state index in [-0.39, 0.29) is 0 Å². The van der Waals surface area contributed by atoms with Crippen LogP contribution in [0.1, 0.15) is 64.0 Å². The number of rotatable bonds is 6. The fourth-order valence-corrected chi connectivity index (χ4v) is 4.15. The Bertz CT molecular complexity index is 354. The van der Waals surface area contributed by atoms with E-state index < -0.39 is 0 Å². The van der Waals surface area contributed by atoms with Crippen LogP contribution in [0.15, 0.2) is 29.2 Å². The van der Waals surface area contributed by atoms with Crippen LogP contribution in [0.3, 0.4) is 0 Å². The number of thioether (sulfide) groups is 1. The molecule has 1 aromatic rings. The Labute approximate surface area is 122 Å². The Balaban J connectivity index is 1.93. The molecule has 1 saturated carbocycles. The van der Waals surface area contributed by atoms with Crippen molar-refractivity contribution in [3.8, 4) is 0 Å². The topological polar surface area (TPSA) is 12.0 Å². The Kier molecular flexibility index (Phi) is 6.25. The molecule has 106 valence electrons. The predicted octanol–water partition coefficient (Wildman–Crippen LogP) is 5.17. The molecule has 19 heavy (non-hydrogen) atoms. The molecule has 0 amide bonds. The summed E-state index contributed by atoms with van der Waals surface area (Å²) in [6, 6.07) is 9.76. The first-order valence-electron chi connectivity index (χ1n) is 7.83. The van der Waals surface area contributed by atoms with E-state index in [1.54, 1.807) is 0 Å². The van der Waals surface area contributed by atoms with E-state index in [1.165, 1.54) is 42.6 Å². The zero-order chi connectivity index (χ0) is 13.5. The van der Waals surface area contributed by atoms with E-state index in [0.717, 1.165) is 18.2 Å². The van der Waals surface area contributed by atoms with Crippen molar-refractivity contribution in [2.45, 2.75) is 68.6 Å². The summed E-state index contributed by atoms with van der Waals surface area (Å²) in [6.07, 6.45) is 8.25. The van der Waals surface area contributed by atoms with E-state index >= 15 is 0 Å². The lowest BCUT2D eigenvalue weighted by Gasteiger charge is -2.21. The minimum absolute atomic E-state index is 0.513. The van der Waals surface area contributed by atoms with Gasteiger partial charge in [0.25, 0.3) is 0 Å². The summed E-state index contributed by atoms with van der Waals surface area (Å²) in [4.78, 5) is 1.45. The maximum Gasteiger partial charge on any atom is 0.0317 e. The maximum absolute atomic E-state index is 3.54. The Morgan fingerprint density at radius 2 is 1.79 bits per heavy atom. The standard InChI is InChI=1S/C17H27NS/c1-3-17(18-4-2)14-10-12-16(13-11-14)19-15-8-6-5-7-9-15/h10-13,15,17-18H,3-9H2,1-2H3. The molecule has 2 rings (SSSR count). The summed E-state index contributed by atoms with van der Waals surface area (Å²) in [5, 5.41) is 4.40. The highest BCUT2D eigenvalue weighted by Crippen LogP contribution is 2.34. The number of benzene rings is 1. The van der Waals surface area contributed by atoms with Crippen LogP contribution in [0.4, 0.5) is 0 Å². The molecule has 1 fully saturated rings. The van der Waals surface area contributed by atoms with Gasteiger partial charge in [-0.1, -0.05) is 45.2 Å². The smallest absolute Gasteiger partial charge is 0.0317 e. The molecule has 0 bridgehead atoms. The van der Waals surface area contributed by atoms with Crippen molar-refractivity contribution >= 4 is 11.8 Å². The van der Waals surface area contributed by atoms with Crippen molar-refractivity contribution in [1.82, 2.24) is 5.32 Å². The van der Waals surface area contributed by atoms with Crippen LogP contribution in [0, 0.1) is 0 Å². The normalized spacial score (nSPS) is 18.4. The average Bonchev–Trinajstić information content (AvgIpc) is 2.47.